The van der Waals surface area contributed by atoms with Gasteiger partial charge in [0.05, 0.1) is 22.6 Å². The molecule has 0 amide bonds. The number of para-hydroxylation sites is 2. The van der Waals surface area contributed by atoms with Gasteiger partial charge in [-0.2, -0.15) is 5.10 Å². The van der Waals surface area contributed by atoms with Gasteiger partial charge in [-0.05, 0) is 42.8 Å². The van der Waals surface area contributed by atoms with E-state index in [0.29, 0.717) is 5.95 Å². The van der Waals surface area contributed by atoms with Crippen LogP contribution in [0, 0.1) is 6.92 Å². The molecule has 2 heterocycles. The third kappa shape index (κ3) is 4.81. The van der Waals surface area contributed by atoms with Crippen molar-refractivity contribution in [3.8, 4) is 16.9 Å². The van der Waals surface area contributed by atoms with E-state index in [0.717, 1.165) is 39.1 Å². The zero-order valence-electron chi connectivity index (χ0n) is 18.2. The maximum atomic E-state index is 4.98. The molecule has 0 aliphatic heterocycles. The second-order valence-corrected chi connectivity index (χ2v) is 8.51. The van der Waals surface area contributed by atoms with Gasteiger partial charge in [-0.3, -0.25) is 0 Å². The summed E-state index contributed by atoms with van der Waals surface area (Å²) in [5.74, 6) is 1.39. The van der Waals surface area contributed by atoms with Gasteiger partial charge in [-0.25, -0.2) is 14.6 Å². The maximum absolute atomic E-state index is 4.98. The second-order valence-electron chi connectivity index (χ2n) is 7.54. The zero-order valence-corrected chi connectivity index (χ0v) is 19.0. The fraction of sp³-hybridized carbons (Fsp3) is 0.0741. The van der Waals surface area contributed by atoms with Gasteiger partial charge >= 0.3 is 0 Å². The molecule has 0 fully saturated rings. The van der Waals surface area contributed by atoms with Crippen LogP contribution in [0.5, 0.6) is 0 Å². The van der Waals surface area contributed by atoms with Crippen LogP contribution in [0.3, 0.4) is 0 Å². The van der Waals surface area contributed by atoms with Crippen LogP contribution in [-0.4, -0.2) is 19.7 Å². The van der Waals surface area contributed by atoms with E-state index < -0.39 is 0 Å². The Labute approximate surface area is 197 Å². The van der Waals surface area contributed by atoms with E-state index in [-0.39, 0.29) is 0 Å². The summed E-state index contributed by atoms with van der Waals surface area (Å²) in [5.41, 5.74) is 6.15. The number of aromatic nitrogens is 4. The molecule has 33 heavy (non-hydrogen) atoms. The molecule has 6 heteroatoms. The second kappa shape index (κ2) is 9.71. The molecule has 0 unspecified atom stereocenters. The molecule has 0 radical (unpaired) electrons. The summed E-state index contributed by atoms with van der Waals surface area (Å²) in [6.07, 6.45) is 1.79. The Morgan fingerprint density at radius 2 is 1.48 bits per heavy atom. The predicted octanol–water partition coefficient (Wildman–Crippen LogP) is 6.67. The summed E-state index contributed by atoms with van der Waals surface area (Å²) in [4.78, 5) is 9.25. The monoisotopic (exact) mass is 449 g/mol. The molecule has 0 bridgehead atoms. The molecule has 5 nitrogen and oxygen atoms in total. The van der Waals surface area contributed by atoms with Gasteiger partial charge in [0.1, 0.15) is 5.03 Å². The Morgan fingerprint density at radius 1 is 0.818 bits per heavy atom. The van der Waals surface area contributed by atoms with E-state index >= 15 is 0 Å². The van der Waals surface area contributed by atoms with Gasteiger partial charge in [0.2, 0.25) is 5.95 Å². The van der Waals surface area contributed by atoms with Crippen LogP contribution >= 0.6 is 11.8 Å². The van der Waals surface area contributed by atoms with Crippen molar-refractivity contribution in [3.63, 3.8) is 0 Å². The maximum Gasteiger partial charge on any atom is 0.227 e. The SMILES string of the molecule is Cc1c(-c2ccnc(Nc3ccccc3)n2)c(SCc2ccccc2)nn1-c1ccccc1. The topological polar surface area (TPSA) is 55.6 Å². The van der Waals surface area contributed by atoms with Crippen LogP contribution in [0.1, 0.15) is 11.3 Å². The number of hydrogen-bond acceptors (Lipinski definition) is 5. The number of hydrogen-bond donors (Lipinski definition) is 1. The van der Waals surface area contributed by atoms with E-state index in [1.54, 1.807) is 18.0 Å². The molecule has 0 saturated heterocycles. The summed E-state index contributed by atoms with van der Waals surface area (Å²) in [6.45, 7) is 2.09. The number of nitrogens with one attached hydrogen (secondary N) is 1. The van der Waals surface area contributed by atoms with Gasteiger partial charge < -0.3 is 5.32 Å². The normalized spacial score (nSPS) is 10.8. The molecule has 0 spiro atoms. The summed E-state index contributed by atoms with van der Waals surface area (Å²) >= 11 is 1.72. The smallest absolute Gasteiger partial charge is 0.227 e. The van der Waals surface area contributed by atoms with Crippen molar-refractivity contribution in [3.05, 3.63) is 115 Å². The van der Waals surface area contributed by atoms with Gasteiger partial charge in [0.15, 0.2) is 0 Å². The first kappa shape index (κ1) is 21.0. The molecule has 5 rings (SSSR count). The Bertz CT molecular complexity index is 1340. The first-order valence-electron chi connectivity index (χ1n) is 10.8. The average molecular weight is 450 g/mol. The van der Waals surface area contributed by atoms with Crippen molar-refractivity contribution in [1.82, 2.24) is 19.7 Å². The molecule has 162 valence electrons. The summed E-state index contributed by atoms with van der Waals surface area (Å²) in [6, 6.07) is 32.5. The van der Waals surface area contributed by atoms with Crippen LogP contribution in [0.15, 0.2) is 108 Å². The van der Waals surface area contributed by atoms with E-state index in [2.05, 4.69) is 53.6 Å². The van der Waals surface area contributed by atoms with Crippen LogP contribution in [0.4, 0.5) is 11.6 Å². The molecule has 5 aromatic rings. The highest BCUT2D eigenvalue weighted by Crippen LogP contribution is 2.36. The first-order chi connectivity index (χ1) is 16.3. The van der Waals surface area contributed by atoms with Gasteiger partial charge in [-0.1, -0.05) is 78.5 Å². The lowest BCUT2D eigenvalue weighted by Crippen LogP contribution is -2.00. The fourth-order valence-corrected chi connectivity index (χ4v) is 4.66. The number of thioether (sulfide) groups is 1. The number of anilines is 2. The lowest BCUT2D eigenvalue weighted by molar-refractivity contribution is 0.813. The molecule has 0 aliphatic carbocycles. The highest BCUT2D eigenvalue weighted by atomic mass is 32.2. The highest BCUT2D eigenvalue weighted by Gasteiger charge is 2.20. The Balaban J connectivity index is 1.54. The van der Waals surface area contributed by atoms with Crippen molar-refractivity contribution in [1.29, 1.82) is 0 Å². The van der Waals surface area contributed by atoms with Crippen molar-refractivity contribution in [2.45, 2.75) is 17.7 Å². The number of rotatable bonds is 7. The molecule has 1 N–H and O–H groups in total. The standard InChI is InChI=1S/C27H23N5S/c1-20-25(24-17-18-28-27(30-24)29-22-13-7-3-8-14-22)26(33-19-21-11-5-2-6-12-21)31-32(20)23-15-9-4-10-16-23/h2-18H,19H2,1H3,(H,28,29,30). The van der Waals surface area contributed by atoms with E-state index in [1.807, 2.05) is 65.3 Å². The fourth-order valence-electron chi connectivity index (χ4n) is 3.63. The van der Waals surface area contributed by atoms with Gasteiger partial charge in [0.25, 0.3) is 0 Å². The minimum absolute atomic E-state index is 0.560. The summed E-state index contributed by atoms with van der Waals surface area (Å²) in [5, 5.41) is 9.23. The molecular weight excluding hydrogens is 426 g/mol. The molecule has 0 aliphatic rings. The third-order valence-electron chi connectivity index (χ3n) is 5.24. The summed E-state index contributed by atoms with van der Waals surface area (Å²) < 4.78 is 2.00. The number of benzene rings is 3. The molecular formula is C27H23N5S. The van der Waals surface area contributed by atoms with Gasteiger partial charge in [0, 0.05) is 17.6 Å². The minimum Gasteiger partial charge on any atom is -0.324 e. The molecule has 0 saturated carbocycles. The Kier molecular flexibility index (Phi) is 6.17. The third-order valence-corrected chi connectivity index (χ3v) is 6.28. The van der Waals surface area contributed by atoms with E-state index in [4.69, 9.17) is 10.1 Å². The predicted molar refractivity (Wildman–Crippen MR) is 135 cm³/mol. The molecule has 0 atom stereocenters. The largest absolute Gasteiger partial charge is 0.324 e. The van der Waals surface area contributed by atoms with Crippen molar-refractivity contribution in [2.24, 2.45) is 0 Å². The molecule has 2 aromatic heterocycles. The van der Waals surface area contributed by atoms with Crippen molar-refractivity contribution in [2.75, 3.05) is 5.32 Å². The first-order valence-corrected chi connectivity index (χ1v) is 11.7. The van der Waals surface area contributed by atoms with E-state index in [9.17, 15) is 0 Å². The van der Waals surface area contributed by atoms with Crippen molar-refractivity contribution < 1.29 is 0 Å². The van der Waals surface area contributed by atoms with Crippen LogP contribution in [0.25, 0.3) is 16.9 Å². The average Bonchev–Trinajstić information content (AvgIpc) is 3.21. The lowest BCUT2D eigenvalue weighted by atomic mass is 10.2. The van der Waals surface area contributed by atoms with E-state index in [1.165, 1.54) is 5.56 Å². The van der Waals surface area contributed by atoms with Crippen LogP contribution in [0.2, 0.25) is 0 Å². The number of nitrogens with zero attached hydrogens (tertiary/aromatic N) is 4. The van der Waals surface area contributed by atoms with Crippen molar-refractivity contribution >= 4 is 23.4 Å². The van der Waals surface area contributed by atoms with Gasteiger partial charge in [-0.15, -0.1) is 0 Å². The zero-order chi connectivity index (χ0) is 22.5. The quantitative estimate of drug-likeness (QED) is 0.281. The lowest BCUT2D eigenvalue weighted by Gasteiger charge is -2.08. The Morgan fingerprint density at radius 3 is 2.21 bits per heavy atom. The van der Waals surface area contributed by atoms with Crippen LogP contribution in [-0.2, 0) is 5.75 Å². The minimum atomic E-state index is 0.560. The highest BCUT2D eigenvalue weighted by molar-refractivity contribution is 7.98. The Hall–Kier alpha value is -3.90. The molecule has 3 aromatic carbocycles. The summed E-state index contributed by atoms with van der Waals surface area (Å²) in [7, 11) is 0. The van der Waals surface area contributed by atoms with Crippen LogP contribution < -0.4 is 5.32 Å².